The van der Waals surface area contributed by atoms with E-state index in [9.17, 15) is 4.79 Å². The molecule has 0 aliphatic rings. The fraction of sp³-hybridized carbons (Fsp3) is 0.429. The van der Waals surface area contributed by atoms with Crippen molar-refractivity contribution in [2.75, 3.05) is 0 Å². The van der Waals surface area contributed by atoms with Crippen LogP contribution in [-0.2, 0) is 16.2 Å². The van der Waals surface area contributed by atoms with Crippen molar-refractivity contribution in [2.24, 2.45) is 10.9 Å². The maximum Gasteiger partial charge on any atom is 0.266 e. The number of carbonyl (C=O) groups excluding carboxylic acids is 1. The number of unbranched alkanes of at least 4 members (excludes halogenated alkanes) is 2. The van der Waals surface area contributed by atoms with E-state index in [-0.39, 0.29) is 0 Å². The number of amides is 1. The van der Waals surface area contributed by atoms with Gasteiger partial charge in [0.05, 0.1) is 0 Å². The Bertz CT molecular complexity index is 388. The van der Waals surface area contributed by atoms with Crippen molar-refractivity contribution in [3.05, 3.63) is 35.9 Å². The molecule has 4 nitrogen and oxygen atoms in total. The molecule has 1 aromatic carbocycles. The van der Waals surface area contributed by atoms with Gasteiger partial charge in [0.25, 0.3) is 5.91 Å². The van der Waals surface area contributed by atoms with Crippen LogP contribution >= 0.6 is 0 Å². The average Bonchev–Trinajstić information content (AvgIpc) is 2.38. The maximum absolute atomic E-state index is 11.1. The summed E-state index contributed by atoms with van der Waals surface area (Å²) >= 11 is 0. The summed E-state index contributed by atoms with van der Waals surface area (Å²) in [6, 6.07) is 9.68. The van der Waals surface area contributed by atoms with Gasteiger partial charge in [0, 0.05) is 0 Å². The molecule has 0 fully saturated rings. The molecule has 0 aliphatic heterocycles. The molecule has 0 bridgehead atoms. The molecule has 18 heavy (non-hydrogen) atoms. The second-order valence-corrected chi connectivity index (χ2v) is 4.12. The number of hydrogen-bond donors (Lipinski definition) is 1. The van der Waals surface area contributed by atoms with Crippen molar-refractivity contribution in [3.63, 3.8) is 0 Å². The number of oxime groups is 1. The monoisotopic (exact) mass is 248 g/mol. The highest BCUT2D eigenvalue weighted by Gasteiger charge is 2.07. The standard InChI is InChI=1S/C14H20N2O2/c1-2-3-5-10-13(14(15)17)16-18-11-12-8-6-4-7-9-12/h4,6-9H,2-3,5,10-11H2,1H3,(H2,15,17). The van der Waals surface area contributed by atoms with Crippen LogP contribution in [0.1, 0.15) is 38.2 Å². The minimum Gasteiger partial charge on any atom is -0.391 e. The van der Waals surface area contributed by atoms with Crippen molar-refractivity contribution in [1.29, 1.82) is 0 Å². The molecular weight excluding hydrogens is 228 g/mol. The summed E-state index contributed by atoms with van der Waals surface area (Å²) in [5.41, 5.74) is 6.58. The molecule has 98 valence electrons. The largest absolute Gasteiger partial charge is 0.391 e. The summed E-state index contributed by atoms with van der Waals surface area (Å²) in [6.07, 6.45) is 3.65. The summed E-state index contributed by atoms with van der Waals surface area (Å²) in [5.74, 6) is -0.501. The second-order valence-electron chi connectivity index (χ2n) is 4.12. The Morgan fingerprint density at radius 1 is 1.28 bits per heavy atom. The van der Waals surface area contributed by atoms with Crippen molar-refractivity contribution >= 4 is 11.6 Å². The lowest BCUT2D eigenvalue weighted by molar-refractivity contribution is -0.112. The molecule has 1 amide bonds. The number of carbonyl (C=O) groups is 1. The highest BCUT2D eigenvalue weighted by molar-refractivity contribution is 6.38. The van der Waals surface area contributed by atoms with Gasteiger partial charge < -0.3 is 10.6 Å². The summed E-state index contributed by atoms with van der Waals surface area (Å²) in [6.45, 7) is 2.46. The minimum atomic E-state index is -0.501. The molecule has 0 saturated heterocycles. The fourth-order valence-corrected chi connectivity index (χ4v) is 1.52. The van der Waals surface area contributed by atoms with E-state index >= 15 is 0 Å². The third-order valence-corrected chi connectivity index (χ3v) is 2.55. The lowest BCUT2D eigenvalue weighted by Gasteiger charge is -2.03. The first-order chi connectivity index (χ1) is 8.74. The zero-order chi connectivity index (χ0) is 13.2. The first-order valence-corrected chi connectivity index (χ1v) is 6.26. The quantitative estimate of drug-likeness (QED) is 0.436. The molecule has 0 saturated carbocycles. The smallest absolute Gasteiger partial charge is 0.266 e. The fourth-order valence-electron chi connectivity index (χ4n) is 1.52. The molecule has 0 heterocycles. The van der Waals surface area contributed by atoms with Crippen LogP contribution in [0, 0.1) is 0 Å². The van der Waals surface area contributed by atoms with Crippen LogP contribution < -0.4 is 5.73 Å². The summed E-state index contributed by atoms with van der Waals surface area (Å²) in [7, 11) is 0. The van der Waals surface area contributed by atoms with E-state index in [1.165, 1.54) is 0 Å². The summed E-state index contributed by atoms with van der Waals surface area (Å²) in [4.78, 5) is 16.3. The van der Waals surface area contributed by atoms with Crippen LogP contribution in [0.15, 0.2) is 35.5 Å². The van der Waals surface area contributed by atoms with Gasteiger partial charge in [-0.15, -0.1) is 0 Å². The number of primary amides is 1. The van der Waals surface area contributed by atoms with E-state index in [4.69, 9.17) is 10.6 Å². The van der Waals surface area contributed by atoms with Crippen LogP contribution in [0.3, 0.4) is 0 Å². The lowest BCUT2D eigenvalue weighted by atomic mass is 10.1. The Hall–Kier alpha value is -1.84. The first-order valence-electron chi connectivity index (χ1n) is 6.26. The van der Waals surface area contributed by atoms with Crippen molar-refractivity contribution in [1.82, 2.24) is 0 Å². The van der Waals surface area contributed by atoms with E-state index in [0.717, 1.165) is 24.8 Å². The molecule has 0 spiro atoms. The van der Waals surface area contributed by atoms with Crippen molar-refractivity contribution < 1.29 is 9.63 Å². The Kier molecular flexibility index (Phi) is 6.54. The van der Waals surface area contributed by atoms with Gasteiger partial charge in [0.2, 0.25) is 0 Å². The summed E-state index contributed by atoms with van der Waals surface area (Å²) in [5, 5.41) is 3.83. The van der Waals surface area contributed by atoms with Crippen LogP contribution in [-0.4, -0.2) is 11.6 Å². The summed E-state index contributed by atoms with van der Waals surface area (Å²) < 4.78 is 0. The van der Waals surface area contributed by atoms with Gasteiger partial charge in [0.1, 0.15) is 12.3 Å². The number of nitrogens with two attached hydrogens (primary N) is 1. The average molecular weight is 248 g/mol. The number of benzene rings is 1. The second kappa shape index (κ2) is 8.28. The van der Waals surface area contributed by atoms with Gasteiger partial charge in [0.15, 0.2) is 0 Å². The van der Waals surface area contributed by atoms with Crippen LogP contribution in [0.2, 0.25) is 0 Å². The van der Waals surface area contributed by atoms with Gasteiger partial charge in [-0.2, -0.15) is 0 Å². The SMILES string of the molecule is CCCCCC(=NOCc1ccccc1)C(N)=O. The topological polar surface area (TPSA) is 64.7 Å². The Balaban J connectivity index is 2.43. The first kappa shape index (κ1) is 14.2. The zero-order valence-electron chi connectivity index (χ0n) is 10.8. The predicted molar refractivity (Wildman–Crippen MR) is 72.0 cm³/mol. The molecule has 0 atom stereocenters. The number of hydrogen-bond acceptors (Lipinski definition) is 3. The molecule has 0 radical (unpaired) electrons. The third-order valence-electron chi connectivity index (χ3n) is 2.55. The lowest BCUT2D eigenvalue weighted by Crippen LogP contribution is -2.23. The Morgan fingerprint density at radius 3 is 2.61 bits per heavy atom. The predicted octanol–water partition coefficient (Wildman–Crippen LogP) is 2.62. The van der Waals surface area contributed by atoms with E-state index < -0.39 is 5.91 Å². The van der Waals surface area contributed by atoms with E-state index in [2.05, 4.69) is 12.1 Å². The Morgan fingerprint density at radius 2 is 2.00 bits per heavy atom. The molecule has 0 aliphatic carbocycles. The van der Waals surface area contributed by atoms with E-state index in [0.29, 0.717) is 18.7 Å². The number of rotatable bonds is 8. The zero-order valence-corrected chi connectivity index (χ0v) is 10.8. The van der Waals surface area contributed by atoms with Gasteiger partial charge >= 0.3 is 0 Å². The van der Waals surface area contributed by atoms with Gasteiger partial charge in [-0.3, -0.25) is 4.79 Å². The van der Waals surface area contributed by atoms with Crippen molar-refractivity contribution in [3.8, 4) is 0 Å². The molecular formula is C14H20N2O2. The van der Waals surface area contributed by atoms with E-state index in [1.54, 1.807) is 0 Å². The maximum atomic E-state index is 11.1. The van der Waals surface area contributed by atoms with Gasteiger partial charge in [-0.25, -0.2) is 0 Å². The normalized spacial score (nSPS) is 11.3. The Labute approximate surface area is 108 Å². The van der Waals surface area contributed by atoms with Crippen molar-refractivity contribution in [2.45, 2.75) is 39.2 Å². The van der Waals surface area contributed by atoms with Gasteiger partial charge in [-0.05, 0) is 18.4 Å². The molecule has 4 heteroatoms. The minimum absolute atomic E-state index is 0.319. The highest BCUT2D eigenvalue weighted by Crippen LogP contribution is 2.04. The van der Waals surface area contributed by atoms with Gasteiger partial charge in [-0.1, -0.05) is 55.3 Å². The van der Waals surface area contributed by atoms with Crippen LogP contribution in [0.4, 0.5) is 0 Å². The third kappa shape index (κ3) is 5.48. The highest BCUT2D eigenvalue weighted by atomic mass is 16.6. The van der Waals surface area contributed by atoms with Crippen LogP contribution in [0.25, 0.3) is 0 Å². The molecule has 1 aromatic rings. The molecule has 2 N–H and O–H groups in total. The molecule has 0 aromatic heterocycles. The molecule has 1 rings (SSSR count). The molecule has 0 unspecified atom stereocenters. The number of nitrogens with zero attached hydrogens (tertiary/aromatic N) is 1. The van der Waals surface area contributed by atoms with E-state index in [1.807, 2.05) is 30.3 Å². The van der Waals surface area contributed by atoms with Crippen LogP contribution in [0.5, 0.6) is 0 Å².